The lowest BCUT2D eigenvalue weighted by Crippen LogP contribution is -1.87. The molecule has 29 heavy (non-hydrogen) atoms. The Labute approximate surface area is 173 Å². The molecule has 4 aromatic carbocycles. The molecule has 2 heteroatoms. The molecule has 0 amide bonds. The topological polar surface area (TPSA) is 21.3 Å². The molecule has 0 heterocycles. The Morgan fingerprint density at radius 2 is 1.03 bits per heavy atom. The minimum absolute atomic E-state index is 0.884. The lowest BCUT2D eigenvalue weighted by atomic mass is 10.1. The first-order valence-corrected chi connectivity index (χ1v) is 9.58. The van der Waals surface area contributed by atoms with Crippen molar-refractivity contribution in [2.24, 2.45) is 0 Å². The molecular weight excluding hydrogens is 354 g/mol. The molecule has 144 valence electrons. The standard InChI is InChI=1S/C15H14O.C12H11N/c1-16-15-9-5-8-14(12-15)11-10-13-6-3-2-4-7-13;1-3-7-11(8-4-1)13-12-9-5-2-6-10-12/h2-12H,1H3;1-10,13H. The smallest absolute Gasteiger partial charge is 0.119 e. The number of rotatable bonds is 5. The molecule has 4 aromatic rings. The molecule has 1 N–H and O–H groups in total. The van der Waals surface area contributed by atoms with Crippen LogP contribution in [0.15, 0.2) is 115 Å². The molecule has 0 fully saturated rings. The SMILES string of the molecule is COc1cccc(C=Cc2ccccc2)c1.c1ccc(Nc2ccccc2)cc1. The van der Waals surface area contributed by atoms with Gasteiger partial charge in [-0.1, -0.05) is 91.0 Å². The third-order valence-electron chi connectivity index (χ3n) is 4.20. The number of ether oxygens (including phenoxy) is 1. The summed E-state index contributed by atoms with van der Waals surface area (Å²) in [4.78, 5) is 0. The molecule has 0 unspecified atom stereocenters. The number of methoxy groups -OCH3 is 1. The molecular formula is C27H25NO. The zero-order valence-electron chi connectivity index (χ0n) is 16.5. The maximum Gasteiger partial charge on any atom is 0.119 e. The number of hydrogen-bond acceptors (Lipinski definition) is 2. The van der Waals surface area contributed by atoms with Crippen molar-refractivity contribution in [3.8, 4) is 5.75 Å². The second kappa shape index (κ2) is 11.2. The van der Waals surface area contributed by atoms with E-state index in [9.17, 15) is 0 Å². The minimum atomic E-state index is 0.884. The second-order valence-electron chi connectivity index (χ2n) is 6.38. The van der Waals surface area contributed by atoms with Gasteiger partial charge < -0.3 is 10.1 Å². The van der Waals surface area contributed by atoms with Crippen molar-refractivity contribution in [3.63, 3.8) is 0 Å². The van der Waals surface area contributed by atoms with E-state index >= 15 is 0 Å². The molecule has 0 aliphatic carbocycles. The van der Waals surface area contributed by atoms with Gasteiger partial charge in [0, 0.05) is 11.4 Å². The second-order valence-corrected chi connectivity index (χ2v) is 6.38. The van der Waals surface area contributed by atoms with Crippen molar-refractivity contribution in [1.29, 1.82) is 0 Å². The summed E-state index contributed by atoms with van der Waals surface area (Å²) >= 11 is 0. The van der Waals surface area contributed by atoms with E-state index in [0.717, 1.165) is 22.7 Å². The van der Waals surface area contributed by atoms with Crippen molar-refractivity contribution in [1.82, 2.24) is 0 Å². The monoisotopic (exact) mass is 379 g/mol. The van der Waals surface area contributed by atoms with Crippen molar-refractivity contribution >= 4 is 23.5 Å². The number of benzene rings is 4. The number of para-hydroxylation sites is 2. The van der Waals surface area contributed by atoms with E-state index in [4.69, 9.17) is 4.74 Å². The van der Waals surface area contributed by atoms with E-state index in [1.54, 1.807) is 7.11 Å². The Kier molecular flexibility index (Phi) is 7.68. The summed E-state index contributed by atoms with van der Waals surface area (Å²) in [5.74, 6) is 0.884. The van der Waals surface area contributed by atoms with Crippen molar-refractivity contribution in [2.45, 2.75) is 0 Å². The molecule has 0 atom stereocenters. The quantitative estimate of drug-likeness (QED) is 0.367. The molecule has 0 aromatic heterocycles. The van der Waals surface area contributed by atoms with E-state index in [1.807, 2.05) is 97.1 Å². The van der Waals surface area contributed by atoms with E-state index in [1.165, 1.54) is 5.56 Å². The molecule has 0 saturated carbocycles. The molecule has 0 bridgehead atoms. The van der Waals surface area contributed by atoms with Crippen LogP contribution < -0.4 is 10.1 Å². The molecule has 0 saturated heterocycles. The molecule has 2 nitrogen and oxygen atoms in total. The first-order chi connectivity index (χ1) is 14.3. The predicted molar refractivity (Wildman–Crippen MR) is 125 cm³/mol. The lowest BCUT2D eigenvalue weighted by molar-refractivity contribution is 0.414. The van der Waals surface area contributed by atoms with E-state index < -0.39 is 0 Å². The number of anilines is 2. The summed E-state index contributed by atoms with van der Waals surface area (Å²) in [6.45, 7) is 0. The van der Waals surface area contributed by atoms with Crippen LogP contribution in [0.3, 0.4) is 0 Å². The molecule has 0 aliphatic rings. The first kappa shape index (κ1) is 20.0. The van der Waals surface area contributed by atoms with Crippen LogP contribution in [0.2, 0.25) is 0 Å². The third-order valence-corrected chi connectivity index (χ3v) is 4.20. The Morgan fingerprint density at radius 1 is 0.552 bits per heavy atom. The van der Waals surface area contributed by atoms with Crippen molar-refractivity contribution in [2.75, 3.05) is 12.4 Å². The van der Waals surface area contributed by atoms with E-state index in [0.29, 0.717) is 0 Å². The Bertz CT molecular complexity index is 959. The highest BCUT2D eigenvalue weighted by atomic mass is 16.5. The van der Waals surface area contributed by atoms with Crippen LogP contribution in [0.25, 0.3) is 12.2 Å². The van der Waals surface area contributed by atoms with Crippen LogP contribution in [0.5, 0.6) is 5.75 Å². The van der Waals surface area contributed by atoms with Gasteiger partial charge in [-0.3, -0.25) is 0 Å². The van der Waals surface area contributed by atoms with Crippen LogP contribution in [0.4, 0.5) is 11.4 Å². The van der Waals surface area contributed by atoms with Gasteiger partial charge in [-0.2, -0.15) is 0 Å². The third kappa shape index (κ3) is 7.04. The fourth-order valence-corrected chi connectivity index (χ4v) is 2.71. The lowest BCUT2D eigenvalue weighted by Gasteiger charge is -2.04. The summed E-state index contributed by atoms with van der Waals surface area (Å²) in [5, 5.41) is 3.30. The zero-order chi connectivity index (χ0) is 20.2. The fraction of sp³-hybridized carbons (Fsp3) is 0.0370. The van der Waals surface area contributed by atoms with E-state index in [2.05, 4.69) is 35.7 Å². The zero-order valence-corrected chi connectivity index (χ0v) is 16.5. The van der Waals surface area contributed by atoms with Gasteiger partial charge >= 0.3 is 0 Å². The minimum Gasteiger partial charge on any atom is -0.497 e. The molecule has 0 aliphatic heterocycles. The molecule has 0 spiro atoms. The van der Waals surface area contributed by atoms with Gasteiger partial charge in [0.05, 0.1) is 7.11 Å². The maximum absolute atomic E-state index is 5.17. The Hall–Kier alpha value is -3.78. The number of hydrogen-bond donors (Lipinski definition) is 1. The Balaban J connectivity index is 0.000000169. The highest BCUT2D eigenvalue weighted by Gasteiger charge is 1.92. The van der Waals surface area contributed by atoms with Crippen LogP contribution in [0, 0.1) is 0 Å². The largest absolute Gasteiger partial charge is 0.497 e. The van der Waals surface area contributed by atoms with Gasteiger partial charge in [0.1, 0.15) is 5.75 Å². The summed E-state index contributed by atoms with van der Waals surface area (Å²) in [6.07, 6.45) is 4.17. The number of nitrogens with one attached hydrogen (secondary N) is 1. The normalized spacial score (nSPS) is 10.1. The van der Waals surface area contributed by atoms with E-state index in [-0.39, 0.29) is 0 Å². The van der Waals surface area contributed by atoms with Crippen LogP contribution >= 0.6 is 0 Å². The Morgan fingerprint density at radius 3 is 1.59 bits per heavy atom. The summed E-state index contributed by atoms with van der Waals surface area (Å²) in [5.41, 5.74) is 4.58. The van der Waals surface area contributed by atoms with Crippen molar-refractivity contribution in [3.05, 3.63) is 126 Å². The van der Waals surface area contributed by atoms with Gasteiger partial charge in [0.2, 0.25) is 0 Å². The van der Waals surface area contributed by atoms with Crippen LogP contribution in [-0.4, -0.2) is 7.11 Å². The maximum atomic E-state index is 5.17. The van der Waals surface area contributed by atoms with Gasteiger partial charge in [-0.25, -0.2) is 0 Å². The van der Waals surface area contributed by atoms with Gasteiger partial charge in [-0.05, 0) is 47.5 Å². The fourth-order valence-electron chi connectivity index (χ4n) is 2.71. The molecule has 0 radical (unpaired) electrons. The van der Waals surface area contributed by atoms with Crippen LogP contribution in [-0.2, 0) is 0 Å². The summed E-state index contributed by atoms with van der Waals surface area (Å²) in [6, 6.07) is 38.5. The average Bonchev–Trinajstić information content (AvgIpc) is 2.80. The summed E-state index contributed by atoms with van der Waals surface area (Å²) < 4.78 is 5.17. The van der Waals surface area contributed by atoms with Gasteiger partial charge in [0.15, 0.2) is 0 Å². The highest BCUT2D eigenvalue weighted by molar-refractivity contribution is 5.70. The van der Waals surface area contributed by atoms with Gasteiger partial charge in [0.25, 0.3) is 0 Å². The predicted octanol–water partition coefficient (Wildman–Crippen LogP) is 7.30. The van der Waals surface area contributed by atoms with Crippen molar-refractivity contribution < 1.29 is 4.74 Å². The van der Waals surface area contributed by atoms with Crippen LogP contribution in [0.1, 0.15) is 11.1 Å². The first-order valence-electron chi connectivity index (χ1n) is 9.58. The average molecular weight is 380 g/mol. The molecule has 4 rings (SSSR count). The summed E-state index contributed by atoms with van der Waals surface area (Å²) in [7, 11) is 1.68. The van der Waals surface area contributed by atoms with Gasteiger partial charge in [-0.15, -0.1) is 0 Å². The highest BCUT2D eigenvalue weighted by Crippen LogP contribution is 2.15.